The highest BCUT2D eigenvalue weighted by molar-refractivity contribution is 7.99. The van der Waals surface area contributed by atoms with Gasteiger partial charge < -0.3 is 14.6 Å². The summed E-state index contributed by atoms with van der Waals surface area (Å²) in [7, 11) is 0. The second kappa shape index (κ2) is 11.2. The minimum absolute atomic E-state index is 0.0942. The van der Waals surface area contributed by atoms with Gasteiger partial charge in [-0.3, -0.25) is 4.79 Å². The predicted octanol–water partition coefficient (Wildman–Crippen LogP) is 5.88. The standard InChI is InChI=1S/C29H27N5O3S2/c1-2-37-28(36)24-20-13-7-9-15-22(20)39-27(24)30-23(35)17-38-29-31-26-25(32-33-29)19-12-6-8-14-21(19)34(26)16-18-10-4-3-5-11-18/h3-6,8,10-12,14H,2,7,9,13,15-17H2,1H3,(H,30,35). The Morgan fingerprint density at radius 2 is 1.85 bits per heavy atom. The third-order valence-corrected chi connectivity index (χ3v) is 8.82. The topological polar surface area (TPSA) is 99.0 Å². The van der Waals surface area contributed by atoms with E-state index in [0.717, 1.165) is 63.8 Å². The number of esters is 1. The maximum Gasteiger partial charge on any atom is 0.341 e. The van der Waals surface area contributed by atoms with E-state index in [2.05, 4.69) is 38.3 Å². The molecule has 3 heterocycles. The Balaban J connectivity index is 1.24. The number of aryl methyl sites for hydroxylation is 1. The van der Waals surface area contributed by atoms with E-state index < -0.39 is 0 Å². The Bertz CT molecular complexity index is 1680. The summed E-state index contributed by atoms with van der Waals surface area (Å²) >= 11 is 2.71. The van der Waals surface area contributed by atoms with Crippen molar-refractivity contribution in [2.24, 2.45) is 0 Å². The third-order valence-electron chi connectivity index (χ3n) is 6.77. The quantitative estimate of drug-likeness (QED) is 0.188. The van der Waals surface area contributed by atoms with E-state index in [1.807, 2.05) is 36.4 Å². The molecule has 1 aliphatic carbocycles. The van der Waals surface area contributed by atoms with Crippen LogP contribution < -0.4 is 5.32 Å². The highest BCUT2D eigenvalue weighted by Gasteiger charge is 2.27. The van der Waals surface area contributed by atoms with Gasteiger partial charge in [-0.05, 0) is 49.8 Å². The minimum Gasteiger partial charge on any atom is -0.462 e. The van der Waals surface area contributed by atoms with E-state index in [4.69, 9.17) is 9.72 Å². The van der Waals surface area contributed by atoms with E-state index >= 15 is 0 Å². The second-order valence-corrected chi connectivity index (χ2v) is 11.4. The lowest BCUT2D eigenvalue weighted by atomic mass is 9.95. The zero-order valence-electron chi connectivity index (χ0n) is 21.5. The van der Waals surface area contributed by atoms with Crippen LogP contribution in [0, 0.1) is 0 Å². The molecule has 0 radical (unpaired) electrons. The van der Waals surface area contributed by atoms with Crippen molar-refractivity contribution in [2.45, 2.75) is 44.3 Å². The number of benzene rings is 2. The predicted molar refractivity (Wildman–Crippen MR) is 155 cm³/mol. The lowest BCUT2D eigenvalue weighted by Gasteiger charge is -2.12. The summed E-state index contributed by atoms with van der Waals surface area (Å²) in [5.74, 6) is -0.501. The molecular formula is C29H27N5O3S2. The van der Waals surface area contributed by atoms with Gasteiger partial charge in [0.15, 0.2) is 5.65 Å². The molecule has 0 spiro atoms. The van der Waals surface area contributed by atoms with Gasteiger partial charge in [-0.25, -0.2) is 9.78 Å². The molecule has 0 fully saturated rings. The number of fused-ring (bicyclic) bond motifs is 4. The van der Waals surface area contributed by atoms with Crippen LogP contribution in [0.15, 0.2) is 59.8 Å². The van der Waals surface area contributed by atoms with Crippen molar-refractivity contribution in [3.05, 3.63) is 76.2 Å². The molecule has 8 nitrogen and oxygen atoms in total. The first-order chi connectivity index (χ1) is 19.1. The summed E-state index contributed by atoms with van der Waals surface area (Å²) in [6.07, 6.45) is 3.88. The summed E-state index contributed by atoms with van der Waals surface area (Å²) in [4.78, 5) is 31.7. The Morgan fingerprint density at radius 1 is 1.05 bits per heavy atom. The number of carbonyl (C=O) groups is 2. The Kier molecular flexibility index (Phi) is 7.30. The lowest BCUT2D eigenvalue weighted by molar-refractivity contribution is -0.113. The molecule has 1 aliphatic rings. The molecule has 10 heteroatoms. The highest BCUT2D eigenvalue weighted by atomic mass is 32.2. The van der Waals surface area contributed by atoms with Gasteiger partial charge in [-0.1, -0.05) is 60.3 Å². The number of amides is 1. The number of rotatable bonds is 8. The normalized spacial score (nSPS) is 12.9. The van der Waals surface area contributed by atoms with Crippen LogP contribution in [0.3, 0.4) is 0 Å². The van der Waals surface area contributed by atoms with Crippen LogP contribution in [0.4, 0.5) is 5.00 Å². The van der Waals surface area contributed by atoms with Gasteiger partial charge >= 0.3 is 5.97 Å². The van der Waals surface area contributed by atoms with Gasteiger partial charge in [0, 0.05) is 16.8 Å². The average molecular weight is 558 g/mol. The fourth-order valence-electron chi connectivity index (χ4n) is 5.04. The largest absolute Gasteiger partial charge is 0.462 e. The number of hydrogen-bond donors (Lipinski definition) is 1. The highest BCUT2D eigenvalue weighted by Crippen LogP contribution is 2.39. The van der Waals surface area contributed by atoms with Crippen LogP contribution in [0.5, 0.6) is 0 Å². The third kappa shape index (κ3) is 5.14. The maximum absolute atomic E-state index is 13.0. The number of anilines is 1. The molecule has 2 aromatic carbocycles. The van der Waals surface area contributed by atoms with Gasteiger partial charge in [0.2, 0.25) is 11.1 Å². The van der Waals surface area contributed by atoms with E-state index in [9.17, 15) is 9.59 Å². The van der Waals surface area contributed by atoms with Crippen molar-refractivity contribution in [1.29, 1.82) is 0 Å². The monoisotopic (exact) mass is 557 g/mol. The van der Waals surface area contributed by atoms with Gasteiger partial charge in [0.25, 0.3) is 0 Å². The van der Waals surface area contributed by atoms with Crippen LogP contribution in [0.25, 0.3) is 22.1 Å². The molecule has 0 saturated heterocycles. The number of thiophene rings is 1. The van der Waals surface area contributed by atoms with Crippen LogP contribution >= 0.6 is 23.1 Å². The summed E-state index contributed by atoms with van der Waals surface area (Å²) in [6, 6.07) is 18.3. The summed E-state index contributed by atoms with van der Waals surface area (Å²) < 4.78 is 7.44. The van der Waals surface area contributed by atoms with Crippen LogP contribution in [0.1, 0.15) is 46.1 Å². The number of nitrogens with one attached hydrogen (secondary N) is 1. The summed E-state index contributed by atoms with van der Waals surface area (Å²) in [6.45, 7) is 2.73. The van der Waals surface area contributed by atoms with Crippen molar-refractivity contribution in [3.8, 4) is 0 Å². The second-order valence-electron chi connectivity index (χ2n) is 9.33. The zero-order chi connectivity index (χ0) is 26.8. The van der Waals surface area contributed by atoms with Crippen molar-refractivity contribution in [3.63, 3.8) is 0 Å². The molecule has 0 aliphatic heterocycles. The first-order valence-electron chi connectivity index (χ1n) is 13.0. The maximum atomic E-state index is 13.0. The summed E-state index contributed by atoms with van der Waals surface area (Å²) in [5, 5.41) is 13.7. The zero-order valence-corrected chi connectivity index (χ0v) is 23.1. The fourth-order valence-corrected chi connectivity index (χ4v) is 6.92. The SMILES string of the molecule is CCOC(=O)c1c(NC(=O)CSc2nnc3c4ccccc4n(Cc4ccccc4)c3n2)sc2c1CCCC2. The molecule has 6 rings (SSSR count). The van der Waals surface area contributed by atoms with Gasteiger partial charge in [-0.2, -0.15) is 0 Å². The van der Waals surface area contributed by atoms with Crippen molar-refractivity contribution in [2.75, 3.05) is 17.7 Å². The molecule has 0 bridgehead atoms. The number of aromatic nitrogens is 4. The number of carbonyl (C=O) groups excluding carboxylic acids is 2. The van der Waals surface area contributed by atoms with Crippen molar-refractivity contribution in [1.82, 2.24) is 19.7 Å². The van der Waals surface area contributed by atoms with Crippen molar-refractivity contribution >= 4 is 62.0 Å². The minimum atomic E-state index is -0.371. The fraction of sp³-hybridized carbons (Fsp3) is 0.276. The molecule has 198 valence electrons. The molecule has 3 aromatic heterocycles. The number of ether oxygens (including phenoxy) is 1. The first-order valence-corrected chi connectivity index (χ1v) is 14.8. The first kappa shape index (κ1) is 25.5. The Labute approximate surface area is 233 Å². The lowest BCUT2D eigenvalue weighted by Crippen LogP contribution is -2.17. The number of thioether (sulfide) groups is 1. The molecule has 0 saturated carbocycles. The molecule has 5 aromatic rings. The van der Waals surface area contributed by atoms with E-state index in [-0.39, 0.29) is 17.6 Å². The van der Waals surface area contributed by atoms with E-state index in [0.29, 0.717) is 28.9 Å². The number of hydrogen-bond acceptors (Lipinski definition) is 8. The molecule has 1 N–H and O–H groups in total. The summed E-state index contributed by atoms with van der Waals surface area (Å²) in [5.41, 5.74) is 5.19. The molecule has 39 heavy (non-hydrogen) atoms. The Morgan fingerprint density at radius 3 is 2.69 bits per heavy atom. The number of nitrogens with zero attached hydrogens (tertiary/aromatic N) is 4. The molecule has 1 amide bonds. The van der Waals surface area contributed by atoms with Crippen molar-refractivity contribution < 1.29 is 14.3 Å². The van der Waals surface area contributed by atoms with Crippen LogP contribution in [-0.2, 0) is 28.9 Å². The smallest absolute Gasteiger partial charge is 0.341 e. The van der Waals surface area contributed by atoms with E-state index in [1.165, 1.54) is 23.1 Å². The molecular weight excluding hydrogens is 530 g/mol. The van der Waals surface area contributed by atoms with Gasteiger partial charge in [-0.15, -0.1) is 21.5 Å². The van der Waals surface area contributed by atoms with Crippen LogP contribution in [-0.4, -0.2) is 44.0 Å². The Hall–Kier alpha value is -3.76. The average Bonchev–Trinajstić information content (AvgIpc) is 3.48. The van der Waals surface area contributed by atoms with Gasteiger partial charge in [0.1, 0.15) is 10.5 Å². The van der Waals surface area contributed by atoms with E-state index in [1.54, 1.807) is 6.92 Å². The van der Waals surface area contributed by atoms with Crippen LogP contribution in [0.2, 0.25) is 0 Å². The number of para-hydroxylation sites is 1. The van der Waals surface area contributed by atoms with Gasteiger partial charge in [0.05, 0.1) is 23.4 Å². The molecule has 0 unspecified atom stereocenters. The molecule has 0 atom stereocenters.